The van der Waals surface area contributed by atoms with Gasteiger partial charge in [-0.1, -0.05) is 6.07 Å². The van der Waals surface area contributed by atoms with Gasteiger partial charge in [0.05, 0.1) is 23.1 Å². The van der Waals surface area contributed by atoms with Crippen LogP contribution in [0.15, 0.2) is 64.7 Å². The molecule has 4 aromatic rings. The first-order chi connectivity index (χ1) is 13.3. The van der Waals surface area contributed by atoms with E-state index in [0.717, 1.165) is 11.1 Å². The molecule has 8 nitrogen and oxygen atoms in total. The predicted molar refractivity (Wildman–Crippen MR) is 106 cm³/mol. The van der Waals surface area contributed by atoms with E-state index in [9.17, 15) is 13.2 Å². The fourth-order valence-electron chi connectivity index (χ4n) is 2.81. The molecule has 0 fully saturated rings. The highest BCUT2D eigenvalue weighted by molar-refractivity contribution is 7.92. The van der Waals surface area contributed by atoms with Crippen LogP contribution in [-0.4, -0.2) is 28.2 Å². The number of hydrogen-bond donors (Lipinski definition) is 2. The first kappa shape index (κ1) is 17.9. The molecule has 0 amide bonds. The molecule has 2 N–H and O–H groups in total. The summed E-state index contributed by atoms with van der Waals surface area (Å²) in [7, 11) is -3.69. The van der Waals surface area contributed by atoms with Crippen LogP contribution in [0.4, 0.5) is 5.69 Å². The molecule has 0 aliphatic heterocycles. The second-order valence-electron chi connectivity index (χ2n) is 6.42. The second-order valence-corrected chi connectivity index (χ2v) is 8.11. The Bertz CT molecular complexity index is 1340. The summed E-state index contributed by atoms with van der Waals surface area (Å²) in [6.07, 6.45) is 2.76. The van der Waals surface area contributed by atoms with E-state index in [1.54, 1.807) is 42.5 Å². The highest BCUT2D eigenvalue weighted by Crippen LogP contribution is 2.21. The number of anilines is 1. The maximum absolute atomic E-state index is 12.6. The normalized spacial score (nSPS) is 11.6. The van der Waals surface area contributed by atoms with Crippen LogP contribution in [0.25, 0.3) is 16.7 Å². The molecule has 0 spiro atoms. The minimum Gasteiger partial charge on any atom is -0.312 e. The monoisotopic (exact) mass is 395 g/mol. The Labute approximate surface area is 160 Å². The molecule has 0 radical (unpaired) electrons. The van der Waals surface area contributed by atoms with Crippen molar-refractivity contribution in [1.82, 2.24) is 19.7 Å². The van der Waals surface area contributed by atoms with Crippen molar-refractivity contribution >= 4 is 26.7 Å². The molecule has 0 unspecified atom stereocenters. The molecule has 0 bridgehead atoms. The average Bonchev–Trinajstić information content (AvgIpc) is 3.10. The number of hydrogen-bond acceptors (Lipinski definition) is 5. The molecule has 9 heteroatoms. The number of sulfonamides is 1. The molecule has 0 saturated carbocycles. The topological polar surface area (TPSA) is 110 Å². The Balaban J connectivity index is 1.63. The van der Waals surface area contributed by atoms with Gasteiger partial charge in [0.25, 0.3) is 15.6 Å². The highest BCUT2D eigenvalue weighted by atomic mass is 32.2. The predicted octanol–water partition coefficient (Wildman–Crippen LogP) is 2.53. The van der Waals surface area contributed by atoms with E-state index in [-0.39, 0.29) is 10.5 Å². The van der Waals surface area contributed by atoms with Crippen LogP contribution in [0.2, 0.25) is 0 Å². The van der Waals surface area contributed by atoms with Crippen LogP contribution < -0.4 is 10.3 Å². The summed E-state index contributed by atoms with van der Waals surface area (Å²) in [4.78, 5) is 18.6. The lowest BCUT2D eigenvalue weighted by Crippen LogP contribution is -2.13. The lowest BCUT2D eigenvalue weighted by molar-refractivity contribution is 0.601. The summed E-state index contributed by atoms with van der Waals surface area (Å²) in [5, 5.41) is 4.57. The van der Waals surface area contributed by atoms with Gasteiger partial charge in [0, 0.05) is 5.69 Å². The second kappa shape index (κ2) is 6.61. The van der Waals surface area contributed by atoms with Crippen molar-refractivity contribution in [2.75, 3.05) is 4.72 Å². The summed E-state index contributed by atoms with van der Waals surface area (Å²) in [5.41, 5.74) is 3.17. The van der Waals surface area contributed by atoms with E-state index in [1.165, 1.54) is 17.2 Å². The average molecular weight is 395 g/mol. The third-order valence-corrected chi connectivity index (χ3v) is 5.90. The molecule has 2 aromatic carbocycles. The van der Waals surface area contributed by atoms with E-state index in [0.29, 0.717) is 22.4 Å². The van der Waals surface area contributed by atoms with E-state index < -0.39 is 10.0 Å². The number of rotatable bonds is 4. The summed E-state index contributed by atoms with van der Waals surface area (Å²) in [5.74, 6) is 0. The van der Waals surface area contributed by atoms with E-state index in [4.69, 9.17) is 0 Å². The van der Waals surface area contributed by atoms with Gasteiger partial charge in [-0.05, 0) is 61.4 Å². The number of aromatic nitrogens is 4. The van der Waals surface area contributed by atoms with Crippen molar-refractivity contribution in [3.8, 4) is 5.69 Å². The number of aromatic amines is 1. The molecule has 0 atom stereocenters. The van der Waals surface area contributed by atoms with Crippen molar-refractivity contribution in [1.29, 1.82) is 0 Å². The Morgan fingerprint density at radius 3 is 2.50 bits per heavy atom. The van der Waals surface area contributed by atoms with Gasteiger partial charge < -0.3 is 4.98 Å². The third-order valence-electron chi connectivity index (χ3n) is 4.52. The van der Waals surface area contributed by atoms with Gasteiger partial charge in [-0.3, -0.25) is 9.52 Å². The first-order valence-corrected chi connectivity index (χ1v) is 9.95. The number of nitrogens with one attached hydrogen (secondary N) is 2. The first-order valence-electron chi connectivity index (χ1n) is 8.47. The molecule has 142 valence electrons. The molecule has 2 aromatic heterocycles. The van der Waals surface area contributed by atoms with E-state index >= 15 is 0 Å². The van der Waals surface area contributed by atoms with Crippen LogP contribution in [0, 0.1) is 13.8 Å². The largest absolute Gasteiger partial charge is 0.312 e. The van der Waals surface area contributed by atoms with Crippen molar-refractivity contribution < 1.29 is 8.42 Å². The fraction of sp³-hybridized carbons (Fsp3) is 0.105. The molecular formula is C19H17N5O3S. The molecular weight excluding hydrogens is 378 g/mol. The molecule has 2 heterocycles. The van der Waals surface area contributed by atoms with E-state index in [1.807, 2.05) is 13.8 Å². The minimum absolute atomic E-state index is 0.209. The van der Waals surface area contributed by atoms with Crippen molar-refractivity contribution in [3.05, 3.63) is 76.5 Å². The number of fused-ring (bicyclic) bond motifs is 1. The molecule has 0 saturated heterocycles. The maximum atomic E-state index is 12.6. The zero-order valence-electron chi connectivity index (χ0n) is 15.2. The van der Waals surface area contributed by atoms with Crippen LogP contribution in [0.5, 0.6) is 0 Å². The van der Waals surface area contributed by atoms with Gasteiger partial charge in [0.2, 0.25) is 0 Å². The van der Waals surface area contributed by atoms with Crippen LogP contribution in [0.1, 0.15) is 11.1 Å². The standard InChI is InChI=1S/C19H17N5O3S/c1-12-3-8-16(9-13(12)2)28(26,27)23-14-4-6-15(7-5-14)24-18-17(10-22-24)19(25)21-11-20-18/h3-11,23H,1-2H3,(H,20,21,25). The minimum atomic E-state index is -3.69. The zero-order valence-corrected chi connectivity index (χ0v) is 16.0. The summed E-state index contributed by atoms with van der Waals surface area (Å²) in [6, 6.07) is 11.7. The number of benzene rings is 2. The van der Waals surface area contributed by atoms with Gasteiger partial charge in [-0.25, -0.2) is 18.1 Å². The summed E-state index contributed by atoms with van der Waals surface area (Å²) in [6.45, 7) is 3.80. The Kier molecular flexibility index (Phi) is 4.23. The molecule has 0 aliphatic rings. The Hall–Kier alpha value is -3.46. The van der Waals surface area contributed by atoms with Crippen molar-refractivity contribution in [3.63, 3.8) is 0 Å². The van der Waals surface area contributed by atoms with Gasteiger partial charge in [0.1, 0.15) is 5.39 Å². The number of nitrogens with zero attached hydrogens (tertiary/aromatic N) is 3. The number of aryl methyl sites for hydroxylation is 2. The lowest BCUT2D eigenvalue weighted by atomic mass is 10.1. The maximum Gasteiger partial charge on any atom is 0.261 e. The summed E-state index contributed by atoms with van der Waals surface area (Å²) < 4.78 is 29.3. The van der Waals surface area contributed by atoms with Crippen LogP contribution in [-0.2, 0) is 10.0 Å². The molecule has 0 aliphatic carbocycles. The SMILES string of the molecule is Cc1ccc(S(=O)(=O)Nc2ccc(-n3ncc4c(=O)[nH]cnc43)cc2)cc1C. The van der Waals surface area contributed by atoms with Gasteiger partial charge in [0.15, 0.2) is 5.65 Å². The lowest BCUT2D eigenvalue weighted by Gasteiger charge is -2.10. The zero-order chi connectivity index (χ0) is 19.9. The Morgan fingerprint density at radius 2 is 1.79 bits per heavy atom. The Morgan fingerprint density at radius 1 is 1.04 bits per heavy atom. The van der Waals surface area contributed by atoms with E-state index in [2.05, 4.69) is 19.8 Å². The van der Waals surface area contributed by atoms with Gasteiger partial charge >= 0.3 is 0 Å². The van der Waals surface area contributed by atoms with Gasteiger partial charge in [-0.2, -0.15) is 5.10 Å². The number of H-pyrrole nitrogens is 1. The molecule has 28 heavy (non-hydrogen) atoms. The van der Waals surface area contributed by atoms with Crippen LogP contribution in [0.3, 0.4) is 0 Å². The van der Waals surface area contributed by atoms with Crippen molar-refractivity contribution in [2.24, 2.45) is 0 Å². The van der Waals surface area contributed by atoms with Crippen molar-refractivity contribution in [2.45, 2.75) is 18.7 Å². The third kappa shape index (κ3) is 3.16. The highest BCUT2D eigenvalue weighted by Gasteiger charge is 2.15. The molecule has 4 rings (SSSR count). The summed E-state index contributed by atoms with van der Waals surface area (Å²) >= 11 is 0. The smallest absolute Gasteiger partial charge is 0.261 e. The van der Waals surface area contributed by atoms with Gasteiger partial charge in [-0.15, -0.1) is 0 Å². The quantitative estimate of drug-likeness (QED) is 0.552. The fourth-order valence-corrected chi connectivity index (χ4v) is 3.95. The van der Waals surface area contributed by atoms with Crippen LogP contribution >= 0.6 is 0 Å².